The normalized spacial score (nSPS) is 22.5. The average Bonchev–Trinajstić information content (AvgIpc) is 3.49. The lowest BCUT2D eigenvalue weighted by Crippen LogP contribution is -2.55. The molecule has 0 aliphatic carbocycles. The van der Waals surface area contributed by atoms with E-state index < -0.39 is 109 Å². The molecule has 0 atom stereocenters. The lowest BCUT2D eigenvalue weighted by molar-refractivity contribution is -0.255. The number of rotatable bonds is 1. The van der Waals surface area contributed by atoms with Crippen LogP contribution in [0.2, 0.25) is 0 Å². The maximum atomic E-state index is 14.0. The first-order valence-corrected chi connectivity index (χ1v) is 11.5. The largest absolute Gasteiger partial charge is 0.444 e. The second kappa shape index (κ2) is 9.95. The van der Waals surface area contributed by atoms with Crippen molar-refractivity contribution in [2.45, 2.75) is 46.6 Å². The van der Waals surface area contributed by atoms with Gasteiger partial charge >= 0.3 is 37.1 Å². The molecule has 1 aromatic rings. The number of hydrogen-bond donors (Lipinski definition) is 0. The van der Waals surface area contributed by atoms with E-state index in [0.717, 1.165) is 0 Å². The zero-order valence-corrected chi connectivity index (χ0v) is 20.6. The molecule has 43 heavy (non-hydrogen) atoms. The molecule has 0 unspecified atom stereocenters. The van der Waals surface area contributed by atoms with Crippen LogP contribution in [0, 0.1) is 0 Å². The summed E-state index contributed by atoms with van der Waals surface area (Å²) in [5.41, 5.74) is -8.27. The first-order valence-electron chi connectivity index (χ1n) is 9.90. The summed E-state index contributed by atoms with van der Waals surface area (Å²) in [6.45, 7) is 0. The molecule has 2 aliphatic rings. The zero-order chi connectivity index (χ0) is 33.6. The van der Waals surface area contributed by atoms with Crippen LogP contribution in [0.25, 0.3) is 0 Å². The highest BCUT2D eigenvalue weighted by Crippen LogP contribution is 2.64. The molecule has 2 aliphatic heterocycles. The van der Waals surface area contributed by atoms with Crippen LogP contribution in [0.3, 0.4) is 0 Å². The molecule has 1 aromatic heterocycles. The third kappa shape index (κ3) is 5.36. The topological polar surface area (TPSA) is 29.6 Å². The van der Waals surface area contributed by atoms with Gasteiger partial charge in [-0.05, 0) is 12.1 Å². The molecule has 0 saturated carbocycles. The zero-order valence-electron chi connectivity index (χ0n) is 18.9. The van der Waals surface area contributed by atoms with E-state index in [2.05, 4.69) is 9.98 Å². The number of hydrogen-bond acceptors (Lipinski definition) is 4. The van der Waals surface area contributed by atoms with Crippen LogP contribution < -0.4 is 0 Å². The van der Waals surface area contributed by atoms with Crippen LogP contribution in [-0.4, -0.2) is 61.3 Å². The molecule has 0 bridgehead atoms. The fourth-order valence-electron chi connectivity index (χ4n) is 3.48. The lowest BCUT2D eigenvalue weighted by Gasteiger charge is -2.33. The van der Waals surface area contributed by atoms with E-state index in [4.69, 9.17) is 0 Å². The van der Waals surface area contributed by atoms with E-state index in [1.807, 2.05) is 0 Å². The van der Waals surface area contributed by atoms with Crippen molar-refractivity contribution in [1.82, 2.24) is 4.57 Å². The van der Waals surface area contributed by atoms with Crippen molar-refractivity contribution in [3.05, 3.63) is 47.1 Å². The molecule has 0 radical (unpaired) electrons. The smallest absolute Gasteiger partial charge is 0.294 e. The van der Waals surface area contributed by atoms with E-state index >= 15 is 0 Å². The molecule has 242 valence electrons. The van der Waals surface area contributed by atoms with Crippen molar-refractivity contribution >= 4 is 33.7 Å². The molecular formula is C18H3F20N3S2. The average molecular weight is 705 g/mol. The van der Waals surface area contributed by atoms with Gasteiger partial charge in [-0.3, -0.25) is 4.57 Å². The number of nitrogens with zero attached hydrogens (tertiary/aromatic N) is 3. The van der Waals surface area contributed by atoms with E-state index in [1.54, 1.807) is 0 Å². The van der Waals surface area contributed by atoms with Gasteiger partial charge in [-0.2, -0.15) is 87.8 Å². The number of alkyl halides is 18. The highest BCUT2D eigenvalue weighted by molar-refractivity contribution is 8.16. The monoisotopic (exact) mass is 705 g/mol. The summed E-state index contributed by atoms with van der Waals surface area (Å²) in [5.74, 6) is -8.09. The summed E-state index contributed by atoms with van der Waals surface area (Å²) in [7, 11) is 0. The van der Waals surface area contributed by atoms with Gasteiger partial charge in [-0.1, -0.05) is 23.5 Å². The Bertz CT molecular complexity index is 1270. The van der Waals surface area contributed by atoms with Crippen molar-refractivity contribution in [1.29, 1.82) is 0 Å². The van der Waals surface area contributed by atoms with Gasteiger partial charge in [0.2, 0.25) is 11.7 Å². The Morgan fingerprint density at radius 2 is 0.953 bits per heavy atom. The molecule has 0 spiro atoms. The van der Waals surface area contributed by atoms with Crippen molar-refractivity contribution < 1.29 is 87.8 Å². The van der Waals surface area contributed by atoms with Gasteiger partial charge in [-0.15, -0.1) is 0 Å². The van der Waals surface area contributed by atoms with Gasteiger partial charge < -0.3 is 0 Å². The third-order valence-electron chi connectivity index (χ3n) is 5.27. The number of aromatic nitrogens is 1. The van der Waals surface area contributed by atoms with Crippen LogP contribution in [0.15, 0.2) is 51.4 Å². The van der Waals surface area contributed by atoms with Crippen molar-refractivity contribution in [3.8, 4) is 0 Å². The summed E-state index contributed by atoms with van der Waals surface area (Å²) < 4.78 is 258. The molecule has 0 N–H and O–H groups in total. The summed E-state index contributed by atoms with van der Waals surface area (Å²) in [4.78, 5) is 4.73. The summed E-state index contributed by atoms with van der Waals surface area (Å²) in [6.07, 6.45) is -40.3. The minimum absolute atomic E-state index is 0.181. The van der Waals surface area contributed by atoms with Gasteiger partial charge in [-0.25, -0.2) is 9.98 Å². The Kier molecular flexibility index (Phi) is 8.08. The number of halogens is 20. The Morgan fingerprint density at radius 1 is 0.581 bits per heavy atom. The van der Waals surface area contributed by atoms with E-state index in [-0.39, 0.29) is 16.8 Å². The maximum Gasteiger partial charge on any atom is 0.444 e. The predicted molar refractivity (Wildman–Crippen MR) is 107 cm³/mol. The second-order valence-electron chi connectivity index (χ2n) is 7.95. The third-order valence-corrected chi connectivity index (χ3v) is 8.16. The second-order valence-corrected chi connectivity index (χ2v) is 10.3. The predicted octanol–water partition coefficient (Wildman–Crippen LogP) is 9.15. The molecule has 3 rings (SSSR count). The van der Waals surface area contributed by atoms with Gasteiger partial charge in [0, 0.05) is 6.20 Å². The van der Waals surface area contributed by atoms with Crippen LogP contribution in [-0.2, 0) is 0 Å². The fraction of sp³-hybridized carbons (Fsp3) is 0.444. The fourth-order valence-corrected chi connectivity index (χ4v) is 5.77. The lowest BCUT2D eigenvalue weighted by atomic mass is 10.0. The highest BCUT2D eigenvalue weighted by Gasteiger charge is 2.79. The van der Waals surface area contributed by atoms with Crippen molar-refractivity contribution in [3.63, 3.8) is 0 Å². The molecule has 3 nitrogen and oxygen atoms in total. The number of thioether (sulfide) groups is 2. The van der Waals surface area contributed by atoms with E-state index in [0.29, 0.717) is 6.07 Å². The summed E-state index contributed by atoms with van der Waals surface area (Å²) in [5, 5.41) is -3.97. The van der Waals surface area contributed by atoms with Gasteiger partial charge in [0.1, 0.15) is 16.4 Å². The molecule has 3 heterocycles. The Balaban J connectivity index is 2.37. The number of aliphatic imine (C=N–C) groups is 2. The highest BCUT2D eigenvalue weighted by atomic mass is 32.2. The Morgan fingerprint density at radius 3 is 1.33 bits per heavy atom. The van der Waals surface area contributed by atoms with Gasteiger partial charge in [0.25, 0.3) is 9.49 Å². The van der Waals surface area contributed by atoms with E-state index in [9.17, 15) is 87.8 Å². The number of allylic oxidation sites excluding steroid dienone is 2. The molecule has 0 saturated heterocycles. The minimum atomic E-state index is -6.86. The SMILES string of the molecule is FC(=C1N=C(c2cccn2C2=NC(=C(F)C(F)(F)F)C(C(F)(F)F)(C(F)(F)F)S2)SC1(C(F)(F)F)C(F)(F)F)C(F)(F)F. The van der Waals surface area contributed by atoms with Crippen molar-refractivity contribution in [2.75, 3.05) is 0 Å². The van der Waals surface area contributed by atoms with Gasteiger partial charge in [0.15, 0.2) is 5.17 Å². The molecule has 0 aromatic carbocycles. The maximum absolute atomic E-state index is 14.0. The molecule has 25 heteroatoms. The first kappa shape index (κ1) is 34.9. The molecule has 0 amide bonds. The minimum Gasteiger partial charge on any atom is -0.294 e. The Labute approximate surface area is 230 Å². The van der Waals surface area contributed by atoms with Gasteiger partial charge in [0.05, 0.1) is 5.69 Å². The van der Waals surface area contributed by atoms with Crippen molar-refractivity contribution in [2.24, 2.45) is 9.98 Å². The summed E-state index contributed by atoms with van der Waals surface area (Å²) in [6, 6.07) is 0.641. The van der Waals surface area contributed by atoms with Crippen LogP contribution in [0.5, 0.6) is 0 Å². The first-order chi connectivity index (χ1) is 18.9. The van der Waals surface area contributed by atoms with Crippen LogP contribution >= 0.6 is 23.5 Å². The summed E-state index contributed by atoms with van der Waals surface area (Å²) >= 11 is -3.45. The van der Waals surface area contributed by atoms with E-state index in [1.165, 1.54) is 0 Å². The molecular weight excluding hydrogens is 702 g/mol. The van der Waals surface area contributed by atoms with Crippen LogP contribution in [0.4, 0.5) is 87.8 Å². The Hall–Kier alpha value is -2.60. The van der Waals surface area contributed by atoms with Crippen LogP contribution in [0.1, 0.15) is 5.69 Å². The quantitative estimate of drug-likeness (QED) is 0.273. The molecule has 0 fully saturated rings. The standard InChI is InChI=1S/C18H3F20N3S2/c19-5(13(21,22)23)7-11(15(27,28)29,16(30,31)32)42-9(39-7)4-2-1-3-41(4)10-40-8(6(20)14(24,25)26)12(43-10,17(33,34)35)18(36,37)38/h1-3H.